The Hall–Kier alpha value is -1.37. The fourth-order valence-corrected chi connectivity index (χ4v) is 1.29. The number of benzene rings is 1. The molecule has 0 heterocycles. The Balaban J connectivity index is 2.88. The minimum absolute atomic E-state index is 0.284. The Bertz CT molecular complexity index is 394. The summed E-state index contributed by atoms with van der Waals surface area (Å²) in [6.07, 6.45) is -1.03. The van der Waals surface area contributed by atoms with Gasteiger partial charge in [0.05, 0.1) is 11.6 Å². The van der Waals surface area contributed by atoms with Gasteiger partial charge in [0.1, 0.15) is 11.5 Å². The molecule has 1 aromatic rings. The molecule has 0 fully saturated rings. The van der Waals surface area contributed by atoms with Crippen LogP contribution in [0, 0.1) is 11.3 Å². The van der Waals surface area contributed by atoms with E-state index in [0.717, 1.165) is 0 Å². The van der Waals surface area contributed by atoms with E-state index in [1.807, 2.05) is 6.07 Å². The molecule has 0 bridgehead atoms. The summed E-state index contributed by atoms with van der Waals surface area (Å²) in [7, 11) is 0. The Morgan fingerprint density at radius 1 is 1.47 bits per heavy atom. The molecule has 1 rings (SSSR count). The lowest BCUT2D eigenvalue weighted by Crippen LogP contribution is -2.20. The van der Waals surface area contributed by atoms with Gasteiger partial charge in [-0.15, -0.1) is 11.6 Å². The molecular weight excluding hydrogens is 214 g/mol. The van der Waals surface area contributed by atoms with Gasteiger partial charge >= 0.3 is 0 Å². The van der Waals surface area contributed by atoms with Crippen molar-refractivity contribution < 1.29 is 9.90 Å². The third kappa shape index (κ3) is 2.79. The average Bonchev–Trinajstić information content (AvgIpc) is 2.27. The van der Waals surface area contributed by atoms with Gasteiger partial charge in [-0.1, -0.05) is 12.1 Å². The topological polar surface area (TPSA) is 61.1 Å². The molecule has 0 saturated carbocycles. The number of Topliss-reactive ketones (excluding diaryl/α,β-unsaturated/α-hetero) is 1. The van der Waals surface area contributed by atoms with Crippen LogP contribution < -0.4 is 0 Å². The first-order valence-corrected chi connectivity index (χ1v) is 4.82. The molecule has 4 heteroatoms. The van der Waals surface area contributed by atoms with Crippen molar-refractivity contribution in [3.8, 4) is 6.07 Å². The highest BCUT2D eigenvalue weighted by molar-refractivity contribution is 6.31. The number of nitrogens with zero attached hydrogens (tertiary/aromatic N) is 1. The second kappa shape index (κ2) is 4.92. The van der Waals surface area contributed by atoms with Crippen LogP contribution in [0.4, 0.5) is 0 Å². The summed E-state index contributed by atoms with van der Waals surface area (Å²) in [5.74, 6) is -0.284. The van der Waals surface area contributed by atoms with Gasteiger partial charge in [-0.3, -0.25) is 4.79 Å². The number of rotatable bonds is 3. The van der Waals surface area contributed by atoms with Crippen molar-refractivity contribution in [3.63, 3.8) is 0 Å². The Morgan fingerprint density at radius 2 is 2.00 bits per heavy atom. The standard InChI is InChI=1S/C11H10ClNO2/c1-7(14)10(12)11(15)9-4-2-8(6-13)3-5-9/h2-5,10-11,15H,1H3/t10-,11+/m1/s1. The molecule has 3 nitrogen and oxygen atoms in total. The maximum absolute atomic E-state index is 10.9. The van der Waals surface area contributed by atoms with Crippen LogP contribution >= 0.6 is 11.6 Å². The van der Waals surface area contributed by atoms with Crippen molar-refractivity contribution in [3.05, 3.63) is 35.4 Å². The number of nitriles is 1. The molecule has 0 aliphatic carbocycles. The summed E-state index contributed by atoms with van der Waals surface area (Å²) in [5.41, 5.74) is 1.03. The van der Waals surface area contributed by atoms with E-state index in [1.54, 1.807) is 24.3 Å². The molecule has 0 aliphatic heterocycles. The first-order valence-electron chi connectivity index (χ1n) is 4.39. The third-order valence-electron chi connectivity index (χ3n) is 2.05. The van der Waals surface area contributed by atoms with Crippen LogP contribution in [0.5, 0.6) is 0 Å². The smallest absolute Gasteiger partial charge is 0.150 e. The zero-order valence-electron chi connectivity index (χ0n) is 8.14. The van der Waals surface area contributed by atoms with Crippen LogP contribution in [0.15, 0.2) is 24.3 Å². The number of carbonyl (C=O) groups excluding carboxylic acids is 1. The van der Waals surface area contributed by atoms with Crippen LogP contribution in [-0.2, 0) is 4.79 Å². The molecule has 0 amide bonds. The lowest BCUT2D eigenvalue weighted by molar-refractivity contribution is -0.118. The number of hydrogen-bond donors (Lipinski definition) is 1. The first kappa shape index (κ1) is 11.7. The van der Waals surface area contributed by atoms with Gasteiger partial charge < -0.3 is 5.11 Å². The average molecular weight is 224 g/mol. The van der Waals surface area contributed by atoms with Crippen LogP contribution in [-0.4, -0.2) is 16.3 Å². The van der Waals surface area contributed by atoms with Gasteiger partial charge in [0.25, 0.3) is 0 Å². The van der Waals surface area contributed by atoms with Crippen molar-refractivity contribution in [2.24, 2.45) is 0 Å². The van der Waals surface area contributed by atoms with E-state index in [2.05, 4.69) is 0 Å². The van der Waals surface area contributed by atoms with Crippen molar-refractivity contribution >= 4 is 17.4 Å². The minimum atomic E-state index is -1.03. The Labute approximate surface area is 92.9 Å². The molecule has 1 aromatic carbocycles. The molecule has 0 aromatic heterocycles. The van der Waals surface area contributed by atoms with Crippen LogP contribution in [0.2, 0.25) is 0 Å². The van der Waals surface area contributed by atoms with E-state index in [9.17, 15) is 9.90 Å². The van der Waals surface area contributed by atoms with Crippen molar-refractivity contribution in [1.29, 1.82) is 5.26 Å². The van der Waals surface area contributed by atoms with Crippen molar-refractivity contribution in [2.75, 3.05) is 0 Å². The Morgan fingerprint density at radius 3 is 2.40 bits per heavy atom. The van der Waals surface area contributed by atoms with Crippen molar-refractivity contribution in [1.82, 2.24) is 0 Å². The molecule has 0 unspecified atom stereocenters. The summed E-state index contributed by atoms with van der Waals surface area (Å²) < 4.78 is 0. The predicted octanol–water partition coefficient (Wildman–Crippen LogP) is 1.79. The second-order valence-electron chi connectivity index (χ2n) is 3.19. The van der Waals surface area contributed by atoms with E-state index >= 15 is 0 Å². The zero-order chi connectivity index (χ0) is 11.4. The van der Waals surface area contributed by atoms with Gasteiger partial charge in [0, 0.05) is 0 Å². The fourth-order valence-electron chi connectivity index (χ4n) is 1.15. The van der Waals surface area contributed by atoms with Gasteiger partial charge in [-0.25, -0.2) is 0 Å². The van der Waals surface area contributed by atoms with Gasteiger partial charge in [-0.05, 0) is 24.6 Å². The maximum Gasteiger partial charge on any atom is 0.150 e. The lowest BCUT2D eigenvalue weighted by Gasteiger charge is -2.14. The molecule has 0 spiro atoms. The minimum Gasteiger partial charge on any atom is -0.386 e. The summed E-state index contributed by atoms with van der Waals surface area (Å²) in [6, 6.07) is 8.28. The quantitative estimate of drug-likeness (QED) is 0.795. The highest BCUT2D eigenvalue weighted by Gasteiger charge is 2.22. The maximum atomic E-state index is 10.9. The number of alkyl halides is 1. The highest BCUT2D eigenvalue weighted by atomic mass is 35.5. The highest BCUT2D eigenvalue weighted by Crippen LogP contribution is 2.21. The molecule has 0 radical (unpaired) electrons. The molecule has 0 saturated heterocycles. The van der Waals surface area contributed by atoms with E-state index < -0.39 is 11.5 Å². The summed E-state index contributed by atoms with van der Waals surface area (Å²) >= 11 is 5.71. The number of aliphatic hydroxyl groups is 1. The Kier molecular flexibility index (Phi) is 3.84. The van der Waals surface area contributed by atoms with Gasteiger partial charge in [0.15, 0.2) is 5.78 Å². The largest absolute Gasteiger partial charge is 0.386 e. The molecule has 0 aliphatic rings. The zero-order valence-corrected chi connectivity index (χ0v) is 8.90. The number of hydrogen-bond acceptors (Lipinski definition) is 3. The van der Waals surface area contributed by atoms with Crippen molar-refractivity contribution in [2.45, 2.75) is 18.4 Å². The lowest BCUT2D eigenvalue weighted by atomic mass is 10.0. The summed E-state index contributed by atoms with van der Waals surface area (Å²) in [6.45, 7) is 1.32. The van der Waals surface area contributed by atoms with Crippen LogP contribution in [0.1, 0.15) is 24.2 Å². The van der Waals surface area contributed by atoms with E-state index in [-0.39, 0.29) is 5.78 Å². The molecule has 2 atom stereocenters. The third-order valence-corrected chi connectivity index (χ3v) is 2.59. The predicted molar refractivity (Wildman–Crippen MR) is 56.4 cm³/mol. The van der Waals surface area contributed by atoms with Gasteiger partial charge in [-0.2, -0.15) is 5.26 Å². The molecule has 1 N–H and O–H groups in total. The normalized spacial score (nSPS) is 14.0. The molecular formula is C11H10ClNO2. The number of carbonyl (C=O) groups is 1. The summed E-state index contributed by atoms with van der Waals surface area (Å²) in [5, 5.41) is 17.3. The van der Waals surface area contributed by atoms with Gasteiger partial charge in [0.2, 0.25) is 0 Å². The second-order valence-corrected chi connectivity index (χ2v) is 3.66. The monoisotopic (exact) mass is 223 g/mol. The first-order chi connectivity index (χ1) is 7.06. The van der Waals surface area contributed by atoms with E-state index in [1.165, 1.54) is 6.92 Å². The van der Waals surface area contributed by atoms with Crippen LogP contribution in [0.3, 0.4) is 0 Å². The molecule has 15 heavy (non-hydrogen) atoms. The number of ketones is 1. The van der Waals surface area contributed by atoms with E-state index in [4.69, 9.17) is 16.9 Å². The summed E-state index contributed by atoms with van der Waals surface area (Å²) in [4.78, 5) is 10.9. The number of halogens is 1. The number of aliphatic hydroxyl groups excluding tert-OH is 1. The van der Waals surface area contributed by atoms with Crippen LogP contribution in [0.25, 0.3) is 0 Å². The fraction of sp³-hybridized carbons (Fsp3) is 0.273. The SMILES string of the molecule is CC(=O)[C@@H](Cl)[C@@H](O)c1ccc(C#N)cc1. The molecule has 78 valence electrons. The van der Waals surface area contributed by atoms with E-state index in [0.29, 0.717) is 11.1 Å².